The molecule has 4 aliphatic carbocycles. The fraction of sp³-hybridized carbons (Fsp3) is 0.889. The summed E-state index contributed by atoms with van der Waals surface area (Å²) < 4.78 is 0. The van der Waals surface area contributed by atoms with Crippen LogP contribution in [0.5, 0.6) is 0 Å². The van der Waals surface area contributed by atoms with Gasteiger partial charge in [-0.05, 0) is 97.4 Å². The second-order valence-electron chi connectivity index (χ2n) is 12.2. The zero-order valence-corrected chi connectivity index (χ0v) is 20.1. The molecule has 0 radical (unpaired) electrons. The van der Waals surface area contributed by atoms with Crippen molar-refractivity contribution in [2.45, 2.75) is 111 Å². The predicted molar refractivity (Wildman–Crippen MR) is 124 cm³/mol. The molecule has 0 saturated heterocycles. The summed E-state index contributed by atoms with van der Waals surface area (Å²) in [6, 6.07) is 0. The maximum Gasteiger partial charge on any atom is 0.0833 e. The van der Waals surface area contributed by atoms with Crippen LogP contribution in [0, 0.1) is 40.4 Å². The Kier molecular flexibility index (Phi) is 6.16. The molecule has 3 nitrogen and oxygen atoms in total. The van der Waals surface area contributed by atoms with Crippen LogP contribution in [0.4, 0.5) is 0 Å². The first-order chi connectivity index (χ1) is 14.2. The van der Waals surface area contributed by atoms with Crippen molar-refractivity contribution in [3.05, 3.63) is 11.1 Å². The Hall–Kier alpha value is -0.830. The van der Waals surface area contributed by atoms with E-state index in [0.717, 1.165) is 49.1 Å². The standard InChI is InChI=1S/C27H45NO2/c1-17(2)7-6-8-18(3)21-9-10-22-25-23(12-14-27(21,22)5)26(4)13-11-20(29)15-19(26)16-24(25)28-30/h17-22,29-30H,6-16H2,1-5H3/t18-,19-,20+,21-,22+,26+,27-/m1/s1. The predicted octanol–water partition coefficient (Wildman–Crippen LogP) is 6.97. The molecule has 4 aliphatic rings. The van der Waals surface area contributed by atoms with E-state index >= 15 is 0 Å². The van der Waals surface area contributed by atoms with Gasteiger partial charge in [-0.3, -0.25) is 0 Å². The van der Waals surface area contributed by atoms with Gasteiger partial charge in [-0.15, -0.1) is 0 Å². The molecular formula is C27H45NO2. The highest BCUT2D eigenvalue weighted by atomic mass is 16.4. The Morgan fingerprint density at radius 2 is 1.83 bits per heavy atom. The highest BCUT2D eigenvalue weighted by Gasteiger charge is 2.57. The third-order valence-corrected chi connectivity index (χ3v) is 10.1. The lowest BCUT2D eigenvalue weighted by atomic mass is 9.50. The van der Waals surface area contributed by atoms with Crippen molar-refractivity contribution < 1.29 is 10.3 Å². The van der Waals surface area contributed by atoms with Gasteiger partial charge >= 0.3 is 0 Å². The molecule has 0 amide bonds. The van der Waals surface area contributed by atoms with Crippen LogP contribution in [0.1, 0.15) is 105 Å². The maximum atomic E-state index is 10.3. The van der Waals surface area contributed by atoms with E-state index in [1.54, 1.807) is 5.57 Å². The van der Waals surface area contributed by atoms with Crippen LogP contribution < -0.4 is 0 Å². The Balaban J connectivity index is 1.61. The summed E-state index contributed by atoms with van der Waals surface area (Å²) in [5, 5.41) is 24.2. The van der Waals surface area contributed by atoms with E-state index in [2.05, 4.69) is 39.8 Å². The van der Waals surface area contributed by atoms with Crippen LogP contribution in [-0.2, 0) is 0 Å². The van der Waals surface area contributed by atoms with E-state index < -0.39 is 0 Å². The Labute approximate surface area is 184 Å². The minimum Gasteiger partial charge on any atom is -0.411 e. The van der Waals surface area contributed by atoms with Crippen LogP contribution in [0.15, 0.2) is 16.3 Å². The minimum absolute atomic E-state index is 0.179. The Morgan fingerprint density at radius 1 is 1.07 bits per heavy atom. The molecule has 0 heterocycles. The average molecular weight is 416 g/mol. The van der Waals surface area contributed by atoms with Gasteiger partial charge in [-0.2, -0.15) is 0 Å². The molecule has 0 unspecified atom stereocenters. The lowest BCUT2D eigenvalue weighted by molar-refractivity contribution is 0.0262. The molecule has 0 aromatic rings. The normalized spacial score (nSPS) is 43.5. The van der Waals surface area contributed by atoms with Crippen LogP contribution in [0.3, 0.4) is 0 Å². The van der Waals surface area contributed by atoms with E-state index in [-0.39, 0.29) is 11.5 Å². The van der Waals surface area contributed by atoms with Gasteiger partial charge in [0.25, 0.3) is 0 Å². The molecule has 3 heteroatoms. The maximum absolute atomic E-state index is 10.3. The monoisotopic (exact) mass is 415 g/mol. The van der Waals surface area contributed by atoms with Crippen molar-refractivity contribution in [3.8, 4) is 0 Å². The SMILES string of the molecule is CC(C)CCC[C@@H](C)[C@H]1CC[C@H]2C3=C(CC[C@]12C)[C@@]1(C)CC[C@H](O)C[C@@H]1CC3=NO. The van der Waals surface area contributed by atoms with Gasteiger partial charge in [-0.1, -0.05) is 64.6 Å². The number of hydrogen-bond donors (Lipinski definition) is 2. The van der Waals surface area contributed by atoms with Crippen molar-refractivity contribution in [3.63, 3.8) is 0 Å². The number of rotatable bonds is 5. The van der Waals surface area contributed by atoms with Crippen molar-refractivity contribution in [1.82, 2.24) is 0 Å². The Bertz CT molecular complexity index is 710. The summed E-state index contributed by atoms with van der Waals surface area (Å²) in [6.45, 7) is 12.2. The summed E-state index contributed by atoms with van der Waals surface area (Å²) in [6.07, 6.45) is 12.7. The number of aliphatic hydroxyl groups excluding tert-OH is 1. The Morgan fingerprint density at radius 3 is 2.53 bits per heavy atom. The number of nitrogens with zero attached hydrogens (tertiary/aromatic N) is 1. The fourth-order valence-corrected chi connectivity index (χ4v) is 8.31. The largest absolute Gasteiger partial charge is 0.411 e. The third-order valence-electron chi connectivity index (χ3n) is 10.1. The van der Waals surface area contributed by atoms with E-state index in [9.17, 15) is 10.3 Å². The second kappa shape index (κ2) is 8.26. The molecule has 0 aliphatic heterocycles. The van der Waals surface area contributed by atoms with Crippen molar-refractivity contribution in [1.29, 1.82) is 0 Å². The molecule has 0 bridgehead atoms. The topological polar surface area (TPSA) is 52.8 Å². The summed E-state index contributed by atoms with van der Waals surface area (Å²) >= 11 is 0. The highest BCUT2D eigenvalue weighted by molar-refractivity contribution is 6.02. The van der Waals surface area contributed by atoms with Gasteiger partial charge < -0.3 is 10.3 Å². The van der Waals surface area contributed by atoms with Gasteiger partial charge in [0.15, 0.2) is 0 Å². The number of aliphatic hydroxyl groups is 1. The van der Waals surface area contributed by atoms with Crippen LogP contribution >= 0.6 is 0 Å². The quantitative estimate of drug-likeness (QED) is 0.376. The lowest BCUT2D eigenvalue weighted by Crippen LogP contribution is -2.48. The first-order valence-corrected chi connectivity index (χ1v) is 12.8. The summed E-state index contributed by atoms with van der Waals surface area (Å²) in [4.78, 5) is 0. The first kappa shape index (κ1) is 22.4. The third kappa shape index (κ3) is 3.57. The van der Waals surface area contributed by atoms with Gasteiger partial charge in [0, 0.05) is 0 Å². The zero-order valence-electron chi connectivity index (χ0n) is 20.1. The van der Waals surface area contributed by atoms with E-state index in [1.165, 1.54) is 50.5 Å². The van der Waals surface area contributed by atoms with Crippen LogP contribution in [-0.4, -0.2) is 22.1 Å². The summed E-state index contributed by atoms with van der Waals surface area (Å²) in [5.41, 5.74) is 4.58. The molecule has 0 aromatic carbocycles. The van der Waals surface area contributed by atoms with Gasteiger partial charge in [0.1, 0.15) is 0 Å². The molecule has 170 valence electrons. The fourth-order valence-electron chi connectivity index (χ4n) is 8.31. The van der Waals surface area contributed by atoms with Crippen LogP contribution in [0.2, 0.25) is 0 Å². The summed E-state index contributed by atoms with van der Waals surface area (Å²) in [5.74, 6) is 3.38. The molecule has 0 aromatic heterocycles. The van der Waals surface area contributed by atoms with Crippen molar-refractivity contribution >= 4 is 5.71 Å². The average Bonchev–Trinajstić information content (AvgIpc) is 3.05. The minimum atomic E-state index is -0.179. The molecule has 2 fully saturated rings. The molecule has 30 heavy (non-hydrogen) atoms. The number of hydrogen-bond acceptors (Lipinski definition) is 3. The van der Waals surface area contributed by atoms with Gasteiger partial charge in [0.05, 0.1) is 11.8 Å². The molecule has 7 atom stereocenters. The molecule has 2 saturated carbocycles. The van der Waals surface area contributed by atoms with Gasteiger partial charge in [0.2, 0.25) is 0 Å². The van der Waals surface area contributed by atoms with Crippen LogP contribution in [0.25, 0.3) is 0 Å². The van der Waals surface area contributed by atoms with E-state index in [4.69, 9.17) is 0 Å². The number of oxime groups is 1. The van der Waals surface area contributed by atoms with E-state index in [0.29, 0.717) is 17.3 Å². The van der Waals surface area contributed by atoms with Crippen molar-refractivity contribution in [2.75, 3.05) is 0 Å². The number of allylic oxidation sites excluding steroid dienone is 2. The van der Waals surface area contributed by atoms with E-state index in [1.807, 2.05) is 0 Å². The second-order valence-corrected chi connectivity index (χ2v) is 12.2. The first-order valence-electron chi connectivity index (χ1n) is 12.8. The summed E-state index contributed by atoms with van der Waals surface area (Å²) in [7, 11) is 0. The smallest absolute Gasteiger partial charge is 0.0833 e. The molecule has 2 N–H and O–H groups in total. The lowest BCUT2D eigenvalue weighted by Gasteiger charge is -2.55. The number of fused-ring (bicyclic) bond motifs is 4. The zero-order chi connectivity index (χ0) is 21.7. The van der Waals surface area contributed by atoms with Crippen molar-refractivity contribution in [2.24, 2.45) is 45.6 Å². The van der Waals surface area contributed by atoms with Gasteiger partial charge in [-0.25, -0.2) is 0 Å². The molecule has 4 rings (SSSR count). The molecule has 0 spiro atoms. The highest BCUT2D eigenvalue weighted by Crippen LogP contribution is 2.65. The molecular weight excluding hydrogens is 370 g/mol.